The maximum Gasteiger partial charge on any atom is 0.273 e. The number of aromatic hydroxyl groups is 1. The van der Waals surface area contributed by atoms with E-state index in [1.807, 2.05) is 6.92 Å². The molecule has 0 aliphatic carbocycles. The van der Waals surface area contributed by atoms with Crippen molar-refractivity contribution >= 4 is 11.8 Å². The van der Waals surface area contributed by atoms with Gasteiger partial charge in [0.2, 0.25) is 0 Å². The van der Waals surface area contributed by atoms with Crippen LogP contribution in [-0.2, 0) is 6.61 Å². The van der Waals surface area contributed by atoms with Crippen LogP contribution in [0.2, 0.25) is 0 Å². The lowest BCUT2D eigenvalue weighted by molar-refractivity contribution is 0.0842. The molecule has 28 heavy (non-hydrogen) atoms. The molecular formula is C20H19N3O5. The lowest BCUT2D eigenvalue weighted by atomic mass is 10.2. The maximum absolute atomic E-state index is 12.5. The predicted molar refractivity (Wildman–Crippen MR) is 99.8 cm³/mol. The van der Waals surface area contributed by atoms with Crippen molar-refractivity contribution in [3.05, 3.63) is 76.7 Å². The summed E-state index contributed by atoms with van der Waals surface area (Å²) in [6.07, 6.45) is 0. The molecule has 0 fully saturated rings. The minimum absolute atomic E-state index is 0.0470. The van der Waals surface area contributed by atoms with E-state index in [1.54, 1.807) is 43.3 Å². The number of nitrogens with zero attached hydrogens (tertiary/aromatic N) is 1. The Kier molecular flexibility index (Phi) is 5.59. The fraction of sp³-hybridized carbons (Fsp3) is 0.150. The fourth-order valence-corrected chi connectivity index (χ4v) is 2.55. The van der Waals surface area contributed by atoms with Gasteiger partial charge < -0.3 is 14.4 Å². The Morgan fingerprint density at radius 2 is 1.61 bits per heavy atom. The van der Waals surface area contributed by atoms with E-state index in [1.165, 1.54) is 12.1 Å². The number of amides is 2. The van der Waals surface area contributed by atoms with E-state index in [0.29, 0.717) is 11.5 Å². The highest BCUT2D eigenvalue weighted by Gasteiger charge is 2.16. The van der Waals surface area contributed by atoms with Crippen LogP contribution in [0, 0.1) is 13.8 Å². The fourth-order valence-electron chi connectivity index (χ4n) is 2.55. The second-order valence-corrected chi connectivity index (χ2v) is 6.01. The molecule has 2 aromatic carbocycles. The number of hydrazine groups is 1. The van der Waals surface area contributed by atoms with Crippen molar-refractivity contribution in [2.75, 3.05) is 0 Å². The Hall–Kier alpha value is -3.81. The molecule has 0 saturated heterocycles. The van der Waals surface area contributed by atoms with Crippen molar-refractivity contribution in [1.82, 2.24) is 16.0 Å². The third-order valence-corrected chi connectivity index (χ3v) is 4.12. The second-order valence-electron chi connectivity index (χ2n) is 6.01. The summed E-state index contributed by atoms with van der Waals surface area (Å²) >= 11 is 0. The number of para-hydroxylation sites is 2. The van der Waals surface area contributed by atoms with Crippen LogP contribution < -0.4 is 15.6 Å². The van der Waals surface area contributed by atoms with Gasteiger partial charge in [-0.1, -0.05) is 29.4 Å². The van der Waals surface area contributed by atoms with Gasteiger partial charge in [-0.05, 0) is 38.1 Å². The van der Waals surface area contributed by atoms with Gasteiger partial charge in [0.1, 0.15) is 23.9 Å². The largest absolute Gasteiger partial charge is 0.507 e. The van der Waals surface area contributed by atoms with Gasteiger partial charge in [0.25, 0.3) is 11.8 Å². The average Bonchev–Trinajstić information content (AvgIpc) is 3.02. The van der Waals surface area contributed by atoms with Crippen molar-refractivity contribution in [2.45, 2.75) is 20.5 Å². The summed E-state index contributed by atoms with van der Waals surface area (Å²) in [5.74, 6) is -0.387. The number of aromatic nitrogens is 1. The van der Waals surface area contributed by atoms with E-state index in [0.717, 1.165) is 11.3 Å². The lowest BCUT2D eigenvalue weighted by Gasteiger charge is -2.12. The highest BCUT2D eigenvalue weighted by Crippen LogP contribution is 2.21. The third kappa shape index (κ3) is 4.12. The molecule has 2 amide bonds. The number of hydrogen-bond donors (Lipinski definition) is 3. The minimum atomic E-state index is -0.638. The number of carbonyl (C=O) groups is 2. The topological polar surface area (TPSA) is 114 Å². The molecule has 3 rings (SSSR count). The number of rotatable bonds is 5. The normalized spacial score (nSPS) is 10.4. The molecule has 0 unspecified atom stereocenters. The van der Waals surface area contributed by atoms with Gasteiger partial charge in [0.05, 0.1) is 22.4 Å². The van der Waals surface area contributed by atoms with Crippen LogP contribution in [-0.4, -0.2) is 22.1 Å². The molecular weight excluding hydrogens is 362 g/mol. The van der Waals surface area contributed by atoms with Crippen molar-refractivity contribution < 1.29 is 24.0 Å². The molecule has 8 heteroatoms. The molecule has 0 aliphatic heterocycles. The maximum atomic E-state index is 12.5. The van der Waals surface area contributed by atoms with E-state index in [9.17, 15) is 14.7 Å². The molecule has 0 aliphatic rings. The number of phenolic OH excluding ortho intramolecular Hbond substituents is 1. The number of phenols is 1. The summed E-state index contributed by atoms with van der Waals surface area (Å²) in [6, 6.07) is 12.7. The number of ether oxygens (including phenoxy) is 1. The summed E-state index contributed by atoms with van der Waals surface area (Å²) in [5.41, 5.74) is 6.41. The Labute approximate surface area is 161 Å². The lowest BCUT2D eigenvalue weighted by Crippen LogP contribution is -2.41. The van der Waals surface area contributed by atoms with Crippen LogP contribution in [0.15, 0.2) is 53.1 Å². The van der Waals surface area contributed by atoms with Gasteiger partial charge in [-0.25, -0.2) is 0 Å². The van der Waals surface area contributed by atoms with Crippen molar-refractivity contribution in [1.29, 1.82) is 0 Å². The van der Waals surface area contributed by atoms with E-state index < -0.39 is 11.8 Å². The first-order valence-electron chi connectivity index (χ1n) is 8.49. The van der Waals surface area contributed by atoms with Gasteiger partial charge in [0, 0.05) is 0 Å². The van der Waals surface area contributed by atoms with E-state index in [4.69, 9.17) is 9.26 Å². The molecule has 3 N–H and O–H groups in total. The zero-order valence-corrected chi connectivity index (χ0v) is 15.4. The monoisotopic (exact) mass is 381 g/mol. The van der Waals surface area contributed by atoms with Gasteiger partial charge in [-0.2, -0.15) is 0 Å². The molecule has 8 nitrogen and oxygen atoms in total. The van der Waals surface area contributed by atoms with E-state index >= 15 is 0 Å². The Morgan fingerprint density at radius 1 is 1.00 bits per heavy atom. The molecule has 3 aromatic rings. The molecule has 1 heterocycles. The second kappa shape index (κ2) is 8.26. The Bertz CT molecular complexity index is 993. The smallest absolute Gasteiger partial charge is 0.273 e. The van der Waals surface area contributed by atoms with Crippen molar-refractivity contribution in [2.24, 2.45) is 0 Å². The van der Waals surface area contributed by atoms with Crippen LogP contribution in [0.25, 0.3) is 0 Å². The molecule has 144 valence electrons. The van der Waals surface area contributed by atoms with E-state index in [2.05, 4.69) is 16.0 Å². The zero-order chi connectivity index (χ0) is 20.1. The van der Waals surface area contributed by atoms with Gasteiger partial charge in [-0.3, -0.25) is 20.4 Å². The highest BCUT2D eigenvalue weighted by atomic mass is 16.5. The van der Waals surface area contributed by atoms with Crippen LogP contribution >= 0.6 is 0 Å². The van der Waals surface area contributed by atoms with Crippen LogP contribution in [0.4, 0.5) is 0 Å². The van der Waals surface area contributed by atoms with Crippen LogP contribution in [0.3, 0.4) is 0 Å². The van der Waals surface area contributed by atoms with Crippen LogP contribution in [0.5, 0.6) is 11.5 Å². The quantitative estimate of drug-likeness (QED) is 0.586. The first-order valence-corrected chi connectivity index (χ1v) is 8.49. The molecule has 0 spiro atoms. The standard InChI is InChI=1S/C20H19N3O5/c1-12-16(13(2)28-23-12)11-27-18-10-6-4-8-15(18)20(26)22-21-19(25)14-7-3-5-9-17(14)24/h3-10,24H,11H2,1-2H3,(H,21,25)(H,22,26). The predicted octanol–water partition coefficient (Wildman–Crippen LogP) is 2.65. The molecule has 0 bridgehead atoms. The summed E-state index contributed by atoms with van der Waals surface area (Å²) in [7, 11) is 0. The summed E-state index contributed by atoms with van der Waals surface area (Å²) in [5, 5.41) is 13.6. The first kappa shape index (κ1) is 19.0. The molecule has 0 saturated carbocycles. The Morgan fingerprint density at radius 3 is 2.25 bits per heavy atom. The van der Waals surface area contributed by atoms with Gasteiger partial charge >= 0.3 is 0 Å². The van der Waals surface area contributed by atoms with Gasteiger partial charge in [0.15, 0.2) is 0 Å². The van der Waals surface area contributed by atoms with Crippen molar-refractivity contribution in [3.63, 3.8) is 0 Å². The van der Waals surface area contributed by atoms with E-state index in [-0.39, 0.29) is 23.5 Å². The van der Waals surface area contributed by atoms with Gasteiger partial charge in [-0.15, -0.1) is 0 Å². The summed E-state index contributed by atoms with van der Waals surface area (Å²) in [6.45, 7) is 3.78. The minimum Gasteiger partial charge on any atom is -0.507 e. The number of hydrogen-bond acceptors (Lipinski definition) is 6. The highest BCUT2D eigenvalue weighted by molar-refractivity contribution is 6.01. The number of carbonyl (C=O) groups excluding carboxylic acids is 2. The summed E-state index contributed by atoms with van der Waals surface area (Å²) < 4.78 is 10.9. The van der Waals surface area contributed by atoms with Crippen LogP contribution in [0.1, 0.15) is 37.7 Å². The average molecular weight is 381 g/mol. The first-order chi connectivity index (χ1) is 13.5. The molecule has 0 radical (unpaired) electrons. The number of benzene rings is 2. The molecule has 1 aromatic heterocycles. The molecule has 0 atom stereocenters. The van der Waals surface area contributed by atoms with Crippen molar-refractivity contribution in [3.8, 4) is 11.5 Å². The third-order valence-electron chi connectivity index (χ3n) is 4.12. The number of aryl methyl sites for hydroxylation is 2. The summed E-state index contributed by atoms with van der Waals surface area (Å²) in [4.78, 5) is 24.6. The Balaban J connectivity index is 1.67. The SMILES string of the molecule is Cc1noc(C)c1COc1ccccc1C(=O)NNC(=O)c1ccccc1O. The number of nitrogens with one attached hydrogen (secondary N) is 2. The zero-order valence-electron chi connectivity index (χ0n) is 15.4.